The van der Waals surface area contributed by atoms with Gasteiger partial charge in [-0.15, -0.1) is 0 Å². The zero-order chi connectivity index (χ0) is 11.4. The molecule has 3 heteroatoms. The lowest BCUT2D eigenvalue weighted by Gasteiger charge is -2.03. The van der Waals surface area contributed by atoms with Crippen LogP contribution in [0.1, 0.15) is 5.69 Å². The molecule has 0 aliphatic heterocycles. The smallest absolute Gasteiger partial charge is 0.123 e. The van der Waals surface area contributed by atoms with Crippen LogP contribution in [0.15, 0.2) is 42.5 Å². The Morgan fingerprint density at radius 3 is 2.50 bits per heavy atom. The van der Waals surface area contributed by atoms with Gasteiger partial charge in [0.1, 0.15) is 5.82 Å². The molecule has 0 amide bonds. The number of rotatable bonds is 3. The van der Waals surface area contributed by atoms with Gasteiger partial charge in [0, 0.05) is 17.7 Å². The van der Waals surface area contributed by atoms with E-state index in [1.165, 1.54) is 12.1 Å². The van der Waals surface area contributed by atoms with Crippen molar-refractivity contribution in [3.05, 3.63) is 54.0 Å². The predicted molar refractivity (Wildman–Crippen MR) is 62.4 cm³/mol. The Hall–Kier alpha value is -1.74. The van der Waals surface area contributed by atoms with Crippen molar-refractivity contribution in [1.29, 1.82) is 0 Å². The summed E-state index contributed by atoms with van der Waals surface area (Å²) in [5.41, 5.74) is 8.21. The number of halogens is 1. The minimum atomic E-state index is -0.234. The Kier molecular flexibility index (Phi) is 3.27. The summed E-state index contributed by atoms with van der Waals surface area (Å²) >= 11 is 0. The van der Waals surface area contributed by atoms with Crippen LogP contribution in [0.5, 0.6) is 0 Å². The van der Waals surface area contributed by atoms with E-state index in [0.717, 1.165) is 23.4 Å². The standard InChI is InChI=1S/C13H13FN2/c14-11-6-4-10(5-7-11)13-3-1-2-12(16-13)8-9-15/h1-7H,8-9,15H2. The molecule has 1 aromatic heterocycles. The van der Waals surface area contributed by atoms with Gasteiger partial charge in [-0.05, 0) is 42.9 Å². The molecule has 2 nitrogen and oxygen atoms in total. The van der Waals surface area contributed by atoms with Gasteiger partial charge in [-0.1, -0.05) is 6.07 Å². The summed E-state index contributed by atoms with van der Waals surface area (Å²) in [7, 11) is 0. The molecule has 2 rings (SSSR count). The summed E-state index contributed by atoms with van der Waals surface area (Å²) in [6, 6.07) is 12.1. The van der Waals surface area contributed by atoms with Gasteiger partial charge >= 0.3 is 0 Å². The van der Waals surface area contributed by atoms with Crippen LogP contribution in [0.25, 0.3) is 11.3 Å². The molecule has 0 spiro atoms. The highest BCUT2D eigenvalue weighted by atomic mass is 19.1. The molecule has 0 saturated heterocycles. The molecule has 0 atom stereocenters. The van der Waals surface area contributed by atoms with E-state index in [4.69, 9.17) is 5.73 Å². The number of hydrogen-bond acceptors (Lipinski definition) is 2. The van der Waals surface area contributed by atoms with E-state index in [-0.39, 0.29) is 5.82 Å². The van der Waals surface area contributed by atoms with Crippen molar-refractivity contribution in [2.24, 2.45) is 5.73 Å². The normalized spacial score (nSPS) is 10.4. The van der Waals surface area contributed by atoms with Crippen LogP contribution in [0, 0.1) is 5.82 Å². The molecule has 0 radical (unpaired) electrons. The number of nitrogens with two attached hydrogens (primary N) is 1. The number of hydrogen-bond donors (Lipinski definition) is 1. The van der Waals surface area contributed by atoms with E-state index < -0.39 is 0 Å². The monoisotopic (exact) mass is 216 g/mol. The summed E-state index contributed by atoms with van der Waals surface area (Å²) in [5.74, 6) is -0.234. The minimum absolute atomic E-state index is 0.234. The first-order chi connectivity index (χ1) is 7.79. The SMILES string of the molecule is NCCc1cccc(-c2ccc(F)cc2)n1. The number of benzene rings is 1. The summed E-state index contributed by atoms with van der Waals surface area (Å²) in [6.07, 6.45) is 0.759. The highest BCUT2D eigenvalue weighted by Gasteiger charge is 2.00. The number of aromatic nitrogens is 1. The highest BCUT2D eigenvalue weighted by Crippen LogP contribution is 2.17. The van der Waals surface area contributed by atoms with Gasteiger partial charge in [0.25, 0.3) is 0 Å². The van der Waals surface area contributed by atoms with Gasteiger partial charge < -0.3 is 5.73 Å². The lowest BCUT2D eigenvalue weighted by atomic mass is 10.1. The summed E-state index contributed by atoms with van der Waals surface area (Å²) in [5, 5.41) is 0. The van der Waals surface area contributed by atoms with Crippen LogP contribution in [0.3, 0.4) is 0 Å². The molecule has 0 bridgehead atoms. The zero-order valence-corrected chi connectivity index (χ0v) is 8.86. The third-order valence-electron chi connectivity index (χ3n) is 2.35. The summed E-state index contributed by atoms with van der Waals surface area (Å²) in [6.45, 7) is 0.583. The Morgan fingerprint density at radius 1 is 1.06 bits per heavy atom. The number of pyridine rings is 1. The molecule has 0 saturated carbocycles. The Labute approximate surface area is 93.9 Å². The van der Waals surface area contributed by atoms with Gasteiger partial charge in [-0.3, -0.25) is 4.98 Å². The molecule has 0 fully saturated rings. The molecule has 82 valence electrons. The van der Waals surface area contributed by atoms with Crippen molar-refractivity contribution in [3.8, 4) is 11.3 Å². The van der Waals surface area contributed by atoms with E-state index in [2.05, 4.69) is 4.98 Å². The van der Waals surface area contributed by atoms with E-state index in [0.29, 0.717) is 6.54 Å². The van der Waals surface area contributed by atoms with Gasteiger partial charge in [0.2, 0.25) is 0 Å². The molecular weight excluding hydrogens is 203 g/mol. The van der Waals surface area contributed by atoms with Crippen LogP contribution < -0.4 is 5.73 Å². The van der Waals surface area contributed by atoms with E-state index in [9.17, 15) is 4.39 Å². The molecule has 0 unspecified atom stereocenters. The molecule has 2 N–H and O–H groups in total. The topological polar surface area (TPSA) is 38.9 Å². The molecule has 1 heterocycles. The maximum atomic E-state index is 12.8. The predicted octanol–water partition coefficient (Wildman–Crippen LogP) is 2.39. The fourth-order valence-corrected chi connectivity index (χ4v) is 1.55. The van der Waals surface area contributed by atoms with Crippen molar-refractivity contribution in [2.75, 3.05) is 6.54 Å². The maximum absolute atomic E-state index is 12.8. The van der Waals surface area contributed by atoms with Crippen molar-refractivity contribution in [2.45, 2.75) is 6.42 Å². The van der Waals surface area contributed by atoms with Gasteiger partial charge in [-0.25, -0.2) is 4.39 Å². The van der Waals surface area contributed by atoms with Crippen LogP contribution in [-0.2, 0) is 6.42 Å². The van der Waals surface area contributed by atoms with Gasteiger partial charge in [0.15, 0.2) is 0 Å². The second-order valence-electron chi connectivity index (χ2n) is 3.56. The summed E-state index contributed by atoms with van der Waals surface area (Å²) in [4.78, 5) is 4.46. The lowest BCUT2D eigenvalue weighted by Crippen LogP contribution is -2.04. The average molecular weight is 216 g/mol. The third-order valence-corrected chi connectivity index (χ3v) is 2.35. The molecule has 16 heavy (non-hydrogen) atoms. The highest BCUT2D eigenvalue weighted by molar-refractivity contribution is 5.58. The fourth-order valence-electron chi connectivity index (χ4n) is 1.55. The minimum Gasteiger partial charge on any atom is -0.330 e. The van der Waals surface area contributed by atoms with Crippen LogP contribution in [0.2, 0.25) is 0 Å². The fraction of sp³-hybridized carbons (Fsp3) is 0.154. The maximum Gasteiger partial charge on any atom is 0.123 e. The van der Waals surface area contributed by atoms with Crippen molar-refractivity contribution in [3.63, 3.8) is 0 Å². The van der Waals surface area contributed by atoms with Gasteiger partial charge in [-0.2, -0.15) is 0 Å². The van der Waals surface area contributed by atoms with Crippen molar-refractivity contribution < 1.29 is 4.39 Å². The molecule has 0 aliphatic carbocycles. The lowest BCUT2D eigenvalue weighted by molar-refractivity contribution is 0.628. The van der Waals surface area contributed by atoms with Gasteiger partial charge in [0.05, 0.1) is 5.69 Å². The Bertz CT molecular complexity index is 466. The van der Waals surface area contributed by atoms with Crippen LogP contribution >= 0.6 is 0 Å². The molecular formula is C13H13FN2. The second-order valence-corrected chi connectivity index (χ2v) is 3.56. The number of nitrogens with zero attached hydrogens (tertiary/aromatic N) is 1. The molecule has 2 aromatic rings. The summed E-state index contributed by atoms with van der Waals surface area (Å²) < 4.78 is 12.8. The van der Waals surface area contributed by atoms with Crippen LogP contribution in [0.4, 0.5) is 4.39 Å². The van der Waals surface area contributed by atoms with Crippen molar-refractivity contribution in [1.82, 2.24) is 4.98 Å². The van der Waals surface area contributed by atoms with Crippen molar-refractivity contribution >= 4 is 0 Å². The third kappa shape index (κ3) is 2.44. The first-order valence-electron chi connectivity index (χ1n) is 5.21. The molecule has 1 aromatic carbocycles. The van der Waals surface area contributed by atoms with E-state index in [1.54, 1.807) is 12.1 Å². The largest absolute Gasteiger partial charge is 0.330 e. The first kappa shape index (κ1) is 10.8. The molecule has 0 aliphatic rings. The first-order valence-corrected chi connectivity index (χ1v) is 5.21. The Morgan fingerprint density at radius 2 is 1.81 bits per heavy atom. The quantitative estimate of drug-likeness (QED) is 0.855. The van der Waals surface area contributed by atoms with E-state index >= 15 is 0 Å². The van der Waals surface area contributed by atoms with E-state index in [1.807, 2.05) is 18.2 Å². The average Bonchev–Trinajstić information content (AvgIpc) is 2.31. The van der Waals surface area contributed by atoms with Crippen LogP contribution in [-0.4, -0.2) is 11.5 Å². The second kappa shape index (κ2) is 4.86. The Balaban J connectivity index is 2.32. The zero-order valence-electron chi connectivity index (χ0n) is 8.86.